The van der Waals surface area contributed by atoms with Gasteiger partial charge in [0.25, 0.3) is 0 Å². The maximum Gasteiger partial charge on any atom is 0.245 e. The molecule has 2 aromatic rings. The van der Waals surface area contributed by atoms with Crippen molar-refractivity contribution in [3.05, 3.63) is 48.3 Å². The summed E-state index contributed by atoms with van der Waals surface area (Å²) in [4.78, 5) is 26.5. The zero-order chi connectivity index (χ0) is 17.9. The molecule has 0 bridgehead atoms. The molecule has 0 spiro atoms. The van der Waals surface area contributed by atoms with Gasteiger partial charge in [0.05, 0.1) is 19.8 Å². The molecule has 2 aromatic heterocycles. The van der Waals surface area contributed by atoms with E-state index in [1.807, 2.05) is 41.0 Å². The molecule has 2 fully saturated rings. The highest BCUT2D eigenvalue weighted by Crippen LogP contribution is 2.33. The molecule has 1 atom stereocenters. The van der Waals surface area contributed by atoms with Crippen molar-refractivity contribution in [3.63, 3.8) is 0 Å². The highest BCUT2D eigenvalue weighted by molar-refractivity contribution is 5.83. The lowest BCUT2D eigenvalue weighted by atomic mass is 10.0. The summed E-state index contributed by atoms with van der Waals surface area (Å²) in [6, 6.07) is 3.90. The summed E-state index contributed by atoms with van der Waals surface area (Å²) >= 11 is 0. The first kappa shape index (κ1) is 17.2. The Labute approximate surface area is 153 Å². The Hall–Kier alpha value is -2.25. The average Bonchev–Trinajstić information content (AvgIpc) is 3.44. The number of aromatic nitrogens is 3. The topological polar surface area (TPSA) is 63.5 Å². The van der Waals surface area contributed by atoms with E-state index in [2.05, 4.69) is 14.9 Å². The van der Waals surface area contributed by atoms with Gasteiger partial charge in [-0.3, -0.25) is 14.7 Å². The van der Waals surface area contributed by atoms with E-state index in [9.17, 15) is 4.79 Å². The number of aryl methyl sites for hydroxylation is 1. The predicted octanol–water partition coefficient (Wildman–Crippen LogP) is 1.38. The van der Waals surface area contributed by atoms with E-state index in [0.29, 0.717) is 25.8 Å². The molecule has 1 aliphatic heterocycles. The van der Waals surface area contributed by atoms with Crippen LogP contribution in [0.15, 0.2) is 36.9 Å². The standard InChI is InChI=1S/C19H25N5O2/c1-22-8-7-21-17(22)14-24(16-4-5-16)19(25)18(15-3-2-6-20-13-15)23-9-11-26-12-10-23/h2-3,6-8,13,16,18H,4-5,9-12,14H2,1H3/t18-/m1/s1. The van der Waals surface area contributed by atoms with E-state index in [1.165, 1.54) is 0 Å². The Morgan fingerprint density at radius 3 is 2.77 bits per heavy atom. The number of hydrogen-bond acceptors (Lipinski definition) is 5. The van der Waals surface area contributed by atoms with Crippen molar-refractivity contribution < 1.29 is 9.53 Å². The number of carbonyl (C=O) groups is 1. The Kier molecular flexibility index (Phi) is 4.99. The molecule has 1 amide bonds. The molecule has 26 heavy (non-hydrogen) atoms. The normalized spacial score (nSPS) is 19.3. The third-order valence-corrected chi connectivity index (χ3v) is 5.15. The largest absolute Gasteiger partial charge is 0.379 e. The van der Waals surface area contributed by atoms with Gasteiger partial charge in [0.15, 0.2) is 0 Å². The Bertz CT molecular complexity index is 737. The van der Waals surface area contributed by atoms with Gasteiger partial charge in [-0.25, -0.2) is 4.98 Å². The van der Waals surface area contributed by atoms with E-state index in [4.69, 9.17) is 4.74 Å². The molecule has 3 heterocycles. The SMILES string of the molecule is Cn1ccnc1CN(C(=O)[C@@H](c1cccnc1)N1CCOCC1)C1CC1. The highest BCUT2D eigenvalue weighted by atomic mass is 16.5. The molecule has 0 aromatic carbocycles. The molecule has 1 aliphatic carbocycles. The van der Waals surface area contributed by atoms with E-state index in [1.54, 1.807) is 12.4 Å². The van der Waals surface area contributed by atoms with Gasteiger partial charge in [0, 0.05) is 51.0 Å². The average molecular weight is 355 g/mol. The number of imidazole rings is 1. The van der Waals surface area contributed by atoms with Crippen molar-refractivity contribution in [1.82, 2.24) is 24.3 Å². The van der Waals surface area contributed by atoms with E-state index < -0.39 is 0 Å². The minimum Gasteiger partial charge on any atom is -0.379 e. The van der Waals surface area contributed by atoms with Crippen molar-refractivity contribution in [2.75, 3.05) is 26.3 Å². The first-order chi connectivity index (χ1) is 12.7. The smallest absolute Gasteiger partial charge is 0.245 e. The van der Waals surface area contributed by atoms with Crippen molar-refractivity contribution in [2.45, 2.75) is 31.5 Å². The van der Waals surface area contributed by atoms with Crippen molar-refractivity contribution in [1.29, 1.82) is 0 Å². The number of ether oxygens (including phenoxy) is 1. The van der Waals surface area contributed by atoms with Crippen molar-refractivity contribution in [3.8, 4) is 0 Å². The second-order valence-electron chi connectivity index (χ2n) is 6.99. The Morgan fingerprint density at radius 2 is 2.15 bits per heavy atom. The second kappa shape index (κ2) is 7.55. The molecule has 0 radical (unpaired) electrons. The van der Waals surface area contributed by atoms with Gasteiger partial charge < -0.3 is 14.2 Å². The van der Waals surface area contributed by atoms with Crippen LogP contribution in [0.25, 0.3) is 0 Å². The lowest BCUT2D eigenvalue weighted by molar-refractivity contribution is -0.140. The molecule has 2 aliphatic rings. The van der Waals surface area contributed by atoms with Crippen LogP contribution in [-0.2, 0) is 23.1 Å². The summed E-state index contributed by atoms with van der Waals surface area (Å²) < 4.78 is 7.47. The number of rotatable bonds is 6. The minimum atomic E-state index is -0.312. The number of hydrogen-bond donors (Lipinski definition) is 0. The van der Waals surface area contributed by atoms with Crippen LogP contribution in [-0.4, -0.2) is 62.6 Å². The predicted molar refractivity (Wildman–Crippen MR) is 96.2 cm³/mol. The summed E-state index contributed by atoms with van der Waals surface area (Å²) in [5.41, 5.74) is 0.949. The molecule has 1 saturated heterocycles. The summed E-state index contributed by atoms with van der Waals surface area (Å²) in [6.07, 6.45) is 9.40. The summed E-state index contributed by atoms with van der Waals surface area (Å²) in [6.45, 7) is 3.38. The van der Waals surface area contributed by atoms with Gasteiger partial charge in [-0.15, -0.1) is 0 Å². The van der Waals surface area contributed by atoms with Gasteiger partial charge >= 0.3 is 0 Å². The number of amides is 1. The molecule has 0 N–H and O–H groups in total. The lowest BCUT2D eigenvalue weighted by Crippen LogP contribution is -2.47. The van der Waals surface area contributed by atoms with E-state index in [-0.39, 0.29) is 11.9 Å². The fourth-order valence-corrected chi connectivity index (χ4v) is 3.51. The van der Waals surface area contributed by atoms with Gasteiger partial charge in [0.2, 0.25) is 5.91 Å². The summed E-state index contributed by atoms with van der Waals surface area (Å²) in [5, 5.41) is 0. The van der Waals surface area contributed by atoms with Crippen LogP contribution in [0.2, 0.25) is 0 Å². The van der Waals surface area contributed by atoms with Crippen LogP contribution in [0.1, 0.15) is 30.3 Å². The minimum absolute atomic E-state index is 0.144. The van der Waals surface area contributed by atoms with Gasteiger partial charge in [-0.2, -0.15) is 0 Å². The van der Waals surface area contributed by atoms with Crippen LogP contribution < -0.4 is 0 Å². The lowest BCUT2D eigenvalue weighted by Gasteiger charge is -2.36. The second-order valence-corrected chi connectivity index (χ2v) is 6.99. The van der Waals surface area contributed by atoms with Crippen LogP contribution in [0, 0.1) is 0 Å². The fraction of sp³-hybridized carbons (Fsp3) is 0.526. The number of morpholine rings is 1. The molecule has 4 rings (SSSR count). The first-order valence-corrected chi connectivity index (χ1v) is 9.22. The van der Waals surface area contributed by atoms with Crippen molar-refractivity contribution in [2.24, 2.45) is 7.05 Å². The molecular weight excluding hydrogens is 330 g/mol. The fourth-order valence-electron chi connectivity index (χ4n) is 3.51. The molecule has 1 saturated carbocycles. The maximum absolute atomic E-state index is 13.6. The molecule has 0 unspecified atom stereocenters. The van der Waals surface area contributed by atoms with Crippen molar-refractivity contribution >= 4 is 5.91 Å². The molecule has 138 valence electrons. The Morgan fingerprint density at radius 1 is 1.35 bits per heavy atom. The van der Waals surface area contributed by atoms with Gasteiger partial charge in [-0.05, 0) is 24.5 Å². The van der Waals surface area contributed by atoms with Crippen LogP contribution in [0.4, 0.5) is 0 Å². The quantitative estimate of drug-likeness (QED) is 0.783. The maximum atomic E-state index is 13.6. The molecular formula is C19H25N5O2. The third kappa shape index (κ3) is 3.64. The summed E-state index contributed by atoms with van der Waals surface area (Å²) in [7, 11) is 1.97. The van der Waals surface area contributed by atoms with Gasteiger partial charge in [0.1, 0.15) is 11.9 Å². The highest BCUT2D eigenvalue weighted by Gasteiger charge is 2.39. The number of pyridine rings is 1. The third-order valence-electron chi connectivity index (χ3n) is 5.15. The monoisotopic (exact) mass is 355 g/mol. The van der Waals surface area contributed by atoms with E-state index in [0.717, 1.165) is 37.3 Å². The zero-order valence-electron chi connectivity index (χ0n) is 15.1. The van der Waals surface area contributed by atoms with Crippen LogP contribution in [0.5, 0.6) is 0 Å². The van der Waals surface area contributed by atoms with Gasteiger partial charge in [-0.1, -0.05) is 6.07 Å². The Balaban J connectivity index is 1.62. The van der Waals surface area contributed by atoms with Crippen LogP contribution in [0.3, 0.4) is 0 Å². The molecule has 7 nitrogen and oxygen atoms in total. The summed E-state index contributed by atoms with van der Waals surface area (Å²) in [5.74, 6) is 1.06. The first-order valence-electron chi connectivity index (χ1n) is 9.22. The molecule has 7 heteroatoms. The number of nitrogens with zero attached hydrogens (tertiary/aromatic N) is 5. The number of carbonyl (C=O) groups excluding carboxylic acids is 1. The zero-order valence-corrected chi connectivity index (χ0v) is 15.1. The van der Waals surface area contributed by atoms with Crippen LogP contribution >= 0.6 is 0 Å². The van der Waals surface area contributed by atoms with E-state index >= 15 is 0 Å².